The Morgan fingerprint density at radius 3 is 2.65 bits per heavy atom. The molecule has 1 saturated heterocycles. The van der Waals surface area contributed by atoms with Crippen LogP contribution in [0.25, 0.3) is 0 Å². The lowest BCUT2D eigenvalue weighted by atomic mass is 9.73. The molecule has 3 rings (SSSR count). The molecule has 1 N–H and O–H groups in total. The maximum atomic E-state index is 12.1. The standard InChI is InChI=1S/C15H16O8/c1-7(2)11(17)21-6-10(16)22-15-5-8-3-9(15)14(4-8,12(18)19)13(20)23-15/h8-9H,1,3-6H2,2H3,(H,18,19). The van der Waals surface area contributed by atoms with E-state index < -0.39 is 47.6 Å². The summed E-state index contributed by atoms with van der Waals surface area (Å²) in [6, 6.07) is 0. The van der Waals surface area contributed by atoms with Crippen molar-refractivity contribution in [2.24, 2.45) is 17.3 Å². The van der Waals surface area contributed by atoms with Crippen molar-refractivity contribution in [1.82, 2.24) is 0 Å². The number of carbonyl (C=O) groups is 4. The molecule has 0 aromatic heterocycles. The normalized spacial score (nSPS) is 36.5. The largest absolute Gasteiger partial charge is 0.480 e. The van der Waals surface area contributed by atoms with Gasteiger partial charge in [-0.05, 0) is 25.7 Å². The van der Waals surface area contributed by atoms with Crippen LogP contribution in [0, 0.1) is 17.3 Å². The minimum atomic E-state index is -1.63. The molecule has 1 aliphatic heterocycles. The Hall–Kier alpha value is -2.38. The van der Waals surface area contributed by atoms with E-state index in [0.29, 0.717) is 6.42 Å². The predicted octanol–water partition coefficient (Wildman–Crippen LogP) is 0.403. The zero-order chi connectivity index (χ0) is 17.0. The second kappa shape index (κ2) is 4.81. The van der Waals surface area contributed by atoms with E-state index in [0.717, 1.165) is 0 Å². The number of carbonyl (C=O) groups excluding carboxylic acids is 3. The Kier molecular flexibility index (Phi) is 3.24. The fourth-order valence-electron chi connectivity index (χ4n) is 3.98. The number of rotatable bonds is 5. The summed E-state index contributed by atoms with van der Waals surface area (Å²) >= 11 is 0. The summed E-state index contributed by atoms with van der Waals surface area (Å²) < 4.78 is 15.1. The molecule has 4 unspecified atom stereocenters. The van der Waals surface area contributed by atoms with Gasteiger partial charge in [0.25, 0.3) is 5.79 Å². The van der Waals surface area contributed by atoms with Crippen LogP contribution in [-0.4, -0.2) is 41.4 Å². The first kappa shape index (κ1) is 15.5. The third-order valence-electron chi connectivity index (χ3n) is 4.85. The highest BCUT2D eigenvalue weighted by atomic mass is 16.7. The zero-order valence-corrected chi connectivity index (χ0v) is 12.5. The van der Waals surface area contributed by atoms with Crippen LogP contribution in [0.1, 0.15) is 26.2 Å². The quantitative estimate of drug-likeness (QED) is 0.439. The second-order valence-corrected chi connectivity index (χ2v) is 6.37. The predicted molar refractivity (Wildman–Crippen MR) is 71.6 cm³/mol. The number of hydrogen-bond donors (Lipinski definition) is 1. The first-order chi connectivity index (χ1) is 10.7. The van der Waals surface area contributed by atoms with Gasteiger partial charge in [-0.3, -0.25) is 9.59 Å². The summed E-state index contributed by atoms with van der Waals surface area (Å²) in [7, 11) is 0. The summed E-state index contributed by atoms with van der Waals surface area (Å²) in [4.78, 5) is 46.9. The zero-order valence-electron chi connectivity index (χ0n) is 12.5. The van der Waals surface area contributed by atoms with E-state index in [-0.39, 0.29) is 24.3 Å². The van der Waals surface area contributed by atoms with Crippen molar-refractivity contribution in [2.75, 3.05) is 6.61 Å². The SMILES string of the molecule is C=C(C)C(=O)OCC(=O)OC12CC3CC1C(C(=O)O)(C3)C(=O)O2. The lowest BCUT2D eigenvalue weighted by Gasteiger charge is -2.32. The summed E-state index contributed by atoms with van der Waals surface area (Å²) in [5.41, 5.74) is -1.49. The summed E-state index contributed by atoms with van der Waals surface area (Å²) in [6.07, 6.45) is 0.936. The minimum absolute atomic E-state index is 0.0479. The van der Waals surface area contributed by atoms with Crippen molar-refractivity contribution < 1.29 is 38.5 Å². The average Bonchev–Trinajstić information content (AvgIpc) is 3.02. The van der Waals surface area contributed by atoms with Crippen LogP contribution in [-0.2, 0) is 33.4 Å². The highest BCUT2D eigenvalue weighted by Gasteiger charge is 2.79. The maximum absolute atomic E-state index is 12.1. The minimum Gasteiger partial charge on any atom is -0.480 e. The molecule has 8 nitrogen and oxygen atoms in total. The molecule has 0 radical (unpaired) electrons. The van der Waals surface area contributed by atoms with Gasteiger partial charge < -0.3 is 19.3 Å². The van der Waals surface area contributed by atoms with Crippen LogP contribution in [0.3, 0.4) is 0 Å². The summed E-state index contributed by atoms with van der Waals surface area (Å²) in [5.74, 6) is -6.04. The molecular formula is C15H16O8. The molecule has 0 aromatic rings. The Labute approximate surface area is 131 Å². The molecule has 3 fully saturated rings. The molecule has 23 heavy (non-hydrogen) atoms. The Balaban J connectivity index is 1.73. The third-order valence-corrected chi connectivity index (χ3v) is 4.85. The lowest BCUT2D eigenvalue weighted by molar-refractivity contribution is -0.226. The van der Waals surface area contributed by atoms with E-state index in [9.17, 15) is 24.3 Å². The van der Waals surface area contributed by atoms with Gasteiger partial charge in [0.05, 0.1) is 5.92 Å². The average molecular weight is 324 g/mol. The molecule has 2 saturated carbocycles. The van der Waals surface area contributed by atoms with Crippen molar-refractivity contribution in [2.45, 2.75) is 32.0 Å². The number of carboxylic acids is 1. The lowest BCUT2D eigenvalue weighted by Crippen LogP contribution is -2.46. The monoisotopic (exact) mass is 324 g/mol. The number of esters is 3. The molecule has 0 amide bonds. The molecule has 2 aliphatic carbocycles. The fraction of sp³-hybridized carbons (Fsp3) is 0.600. The number of ether oxygens (including phenoxy) is 3. The van der Waals surface area contributed by atoms with Gasteiger partial charge in [0, 0.05) is 12.0 Å². The number of fused-ring (bicyclic) bond motifs is 1. The molecule has 2 bridgehead atoms. The van der Waals surface area contributed by atoms with Crippen molar-refractivity contribution in [1.29, 1.82) is 0 Å². The van der Waals surface area contributed by atoms with Crippen LogP contribution >= 0.6 is 0 Å². The van der Waals surface area contributed by atoms with E-state index in [1.807, 2.05) is 0 Å². The van der Waals surface area contributed by atoms with Crippen LogP contribution in [0.15, 0.2) is 12.2 Å². The first-order valence-electron chi connectivity index (χ1n) is 7.22. The molecule has 1 heterocycles. The van der Waals surface area contributed by atoms with Crippen molar-refractivity contribution in [3.8, 4) is 0 Å². The fourth-order valence-corrected chi connectivity index (χ4v) is 3.98. The first-order valence-corrected chi connectivity index (χ1v) is 7.22. The molecule has 124 valence electrons. The molecule has 8 heteroatoms. The smallest absolute Gasteiger partial charge is 0.347 e. The third kappa shape index (κ3) is 2.04. The Morgan fingerprint density at radius 2 is 2.09 bits per heavy atom. The molecule has 4 atom stereocenters. The second-order valence-electron chi connectivity index (χ2n) is 6.37. The summed E-state index contributed by atoms with van der Waals surface area (Å²) in [6.45, 7) is 4.16. The van der Waals surface area contributed by atoms with Gasteiger partial charge in [-0.2, -0.15) is 0 Å². The number of hydrogen-bond acceptors (Lipinski definition) is 7. The van der Waals surface area contributed by atoms with Crippen LogP contribution in [0.5, 0.6) is 0 Å². The van der Waals surface area contributed by atoms with Gasteiger partial charge in [-0.1, -0.05) is 6.58 Å². The topological polar surface area (TPSA) is 116 Å². The van der Waals surface area contributed by atoms with Gasteiger partial charge in [-0.15, -0.1) is 0 Å². The van der Waals surface area contributed by atoms with Gasteiger partial charge >= 0.3 is 23.9 Å². The van der Waals surface area contributed by atoms with Crippen molar-refractivity contribution in [3.63, 3.8) is 0 Å². The van der Waals surface area contributed by atoms with Gasteiger partial charge in [0.15, 0.2) is 12.0 Å². The Bertz CT molecular complexity index is 637. The van der Waals surface area contributed by atoms with E-state index in [1.165, 1.54) is 6.92 Å². The van der Waals surface area contributed by atoms with Gasteiger partial charge in [0.1, 0.15) is 0 Å². The Morgan fingerprint density at radius 1 is 1.39 bits per heavy atom. The van der Waals surface area contributed by atoms with E-state index in [1.54, 1.807) is 0 Å². The van der Waals surface area contributed by atoms with Gasteiger partial charge in [0.2, 0.25) is 0 Å². The van der Waals surface area contributed by atoms with E-state index in [4.69, 9.17) is 9.47 Å². The van der Waals surface area contributed by atoms with Crippen LogP contribution in [0.4, 0.5) is 0 Å². The maximum Gasteiger partial charge on any atom is 0.347 e. The van der Waals surface area contributed by atoms with Crippen LogP contribution < -0.4 is 0 Å². The molecule has 0 aromatic carbocycles. The number of aliphatic carboxylic acids is 1. The highest BCUT2D eigenvalue weighted by molar-refractivity contribution is 6.02. The van der Waals surface area contributed by atoms with E-state index in [2.05, 4.69) is 11.3 Å². The number of carboxylic acid groups (broad SMARTS) is 1. The van der Waals surface area contributed by atoms with E-state index >= 15 is 0 Å². The highest BCUT2D eigenvalue weighted by Crippen LogP contribution is 2.67. The van der Waals surface area contributed by atoms with Gasteiger partial charge in [-0.25, -0.2) is 9.59 Å². The summed E-state index contributed by atoms with van der Waals surface area (Å²) in [5, 5.41) is 9.45. The van der Waals surface area contributed by atoms with Crippen LogP contribution in [0.2, 0.25) is 0 Å². The van der Waals surface area contributed by atoms with Crippen molar-refractivity contribution in [3.05, 3.63) is 12.2 Å². The molecular weight excluding hydrogens is 308 g/mol. The van der Waals surface area contributed by atoms with Crippen molar-refractivity contribution >= 4 is 23.9 Å². The molecule has 3 aliphatic rings. The molecule has 0 spiro atoms.